The summed E-state index contributed by atoms with van der Waals surface area (Å²) in [6.45, 7) is -0.197. The van der Waals surface area contributed by atoms with Crippen LogP contribution < -0.4 is 15.9 Å². The summed E-state index contributed by atoms with van der Waals surface area (Å²) in [5.74, 6) is -1.07. The van der Waals surface area contributed by atoms with Crippen LogP contribution in [0.25, 0.3) is 0 Å². The molecule has 2 aromatic rings. The van der Waals surface area contributed by atoms with Gasteiger partial charge in [-0.05, 0) is 48.0 Å². The van der Waals surface area contributed by atoms with Crippen molar-refractivity contribution in [1.29, 1.82) is 0 Å². The molecule has 118 valence electrons. The topological polar surface area (TPSA) is 93.8 Å². The van der Waals surface area contributed by atoms with Gasteiger partial charge in [0, 0.05) is 5.56 Å². The molecule has 0 heterocycles. The number of hydrogen-bond acceptors (Lipinski definition) is 4. The molecule has 0 aromatic heterocycles. The first-order valence-corrected chi connectivity index (χ1v) is 6.65. The van der Waals surface area contributed by atoms with Crippen LogP contribution in [-0.2, 0) is 4.79 Å². The van der Waals surface area contributed by atoms with Crippen LogP contribution in [0.15, 0.2) is 53.6 Å². The number of halogens is 1. The zero-order valence-electron chi connectivity index (χ0n) is 12.0. The zero-order chi connectivity index (χ0) is 16.7. The Bertz CT molecular complexity index is 730. The molecule has 0 saturated heterocycles. The minimum absolute atomic E-state index is 0.178. The number of rotatable bonds is 6. The fourth-order valence-electron chi connectivity index (χ4n) is 1.66. The first kappa shape index (κ1) is 16.2. The van der Waals surface area contributed by atoms with Gasteiger partial charge in [0.15, 0.2) is 6.61 Å². The minimum atomic E-state index is -0.560. The maximum atomic E-state index is 13.0. The summed E-state index contributed by atoms with van der Waals surface area (Å²) in [5, 5.41) is 3.79. The van der Waals surface area contributed by atoms with Crippen molar-refractivity contribution in [3.63, 3.8) is 0 Å². The van der Waals surface area contributed by atoms with Crippen molar-refractivity contribution < 1.29 is 18.7 Å². The molecule has 2 aromatic carbocycles. The van der Waals surface area contributed by atoms with Crippen molar-refractivity contribution in [2.45, 2.75) is 0 Å². The van der Waals surface area contributed by atoms with E-state index in [4.69, 9.17) is 10.5 Å². The van der Waals surface area contributed by atoms with Gasteiger partial charge in [-0.15, -0.1) is 0 Å². The summed E-state index contributed by atoms with van der Waals surface area (Å²) in [6.07, 6.45) is 1.43. The molecule has 0 radical (unpaired) electrons. The van der Waals surface area contributed by atoms with Crippen LogP contribution >= 0.6 is 0 Å². The summed E-state index contributed by atoms with van der Waals surface area (Å²) in [7, 11) is 0. The maximum Gasteiger partial charge on any atom is 0.271 e. The summed E-state index contributed by atoms with van der Waals surface area (Å²) in [6, 6.07) is 12.0. The van der Waals surface area contributed by atoms with Gasteiger partial charge in [0.2, 0.25) is 0 Å². The van der Waals surface area contributed by atoms with Crippen LogP contribution in [0.2, 0.25) is 0 Å². The highest BCUT2D eigenvalue weighted by Gasteiger charge is 2.04. The second-order valence-electron chi connectivity index (χ2n) is 4.53. The molecule has 0 aliphatic rings. The number of benzene rings is 2. The Kier molecular flexibility index (Phi) is 5.40. The van der Waals surface area contributed by atoms with E-state index in [0.717, 1.165) is 6.07 Å². The number of carbonyl (C=O) groups excluding carboxylic acids is 2. The smallest absolute Gasteiger partial charge is 0.271 e. The van der Waals surface area contributed by atoms with Gasteiger partial charge in [0.25, 0.3) is 11.8 Å². The standard InChI is InChI=1S/C16H14FN3O3/c17-13-3-1-2-12(8-13)16(22)20-19-9-11-4-6-14(7-5-11)23-10-15(18)21/h1-9H,10H2,(H2,18,21)(H,20,22)/b19-9-. The summed E-state index contributed by atoms with van der Waals surface area (Å²) in [5.41, 5.74) is 8.16. The van der Waals surface area contributed by atoms with E-state index >= 15 is 0 Å². The van der Waals surface area contributed by atoms with Gasteiger partial charge < -0.3 is 10.5 Å². The molecule has 2 amide bonds. The van der Waals surface area contributed by atoms with Gasteiger partial charge in [0.05, 0.1) is 6.21 Å². The fourth-order valence-corrected chi connectivity index (χ4v) is 1.66. The Balaban J connectivity index is 1.90. The number of primary amides is 1. The third-order valence-corrected chi connectivity index (χ3v) is 2.73. The van der Waals surface area contributed by atoms with Crippen molar-refractivity contribution in [2.24, 2.45) is 10.8 Å². The quantitative estimate of drug-likeness (QED) is 0.624. The highest BCUT2D eigenvalue weighted by molar-refractivity contribution is 5.94. The molecule has 0 spiro atoms. The Morgan fingerprint density at radius 3 is 2.61 bits per heavy atom. The highest BCUT2D eigenvalue weighted by atomic mass is 19.1. The number of nitrogens with two attached hydrogens (primary N) is 1. The molecule has 0 saturated carbocycles. The van der Waals surface area contributed by atoms with Crippen molar-refractivity contribution in [3.05, 3.63) is 65.5 Å². The Morgan fingerprint density at radius 1 is 1.22 bits per heavy atom. The normalized spacial score (nSPS) is 10.5. The van der Waals surface area contributed by atoms with Crippen molar-refractivity contribution in [1.82, 2.24) is 5.43 Å². The van der Waals surface area contributed by atoms with Crippen LogP contribution in [0.1, 0.15) is 15.9 Å². The highest BCUT2D eigenvalue weighted by Crippen LogP contribution is 2.10. The van der Waals surface area contributed by atoms with E-state index in [1.54, 1.807) is 24.3 Å². The first-order valence-electron chi connectivity index (χ1n) is 6.65. The molecule has 23 heavy (non-hydrogen) atoms. The minimum Gasteiger partial charge on any atom is -0.484 e. The van der Waals surface area contributed by atoms with E-state index < -0.39 is 17.6 Å². The molecule has 0 atom stereocenters. The van der Waals surface area contributed by atoms with E-state index in [1.807, 2.05) is 0 Å². The van der Waals surface area contributed by atoms with Gasteiger partial charge in [-0.2, -0.15) is 5.10 Å². The predicted molar refractivity (Wildman–Crippen MR) is 82.6 cm³/mol. The van der Waals surface area contributed by atoms with Crippen molar-refractivity contribution in [3.8, 4) is 5.75 Å². The third-order valence-electron chi connectivity index (χ3n) is 2.73. The Labute approximate surface area is 131 Å². The number of hydrazone groups is 1. The molecule has 0 aliphatic heterocycles. The second-order valence-corrected chi connectivity index (χ2v) is 4.53. The summed E-state index contributed by atoms with van der Waals surface area (Å²) >= 11 is 0. The summed E-state index contributed by atoms with van der Waals surface area (Å²) in [4.78, 5) is 22.3. The average molecular weight is 315 g/mol. The van der Waals surface area contributed by atoms with Gasteiger partial charge in [-0.3, -0.25) is 9.59 Å². The second kappa shape index (κ2) is 7.69. The van der Waals surface area contributed by atoms with Gasteiger partial charge in [-0.1, -0.05) is 6.07 Å². The van der Waals surface area contributed by atoms with Crippen LogP contribution in [0.5, 0.6) is 5.75 Å². The molecule has 7 heteroatoms. The maximum absolute atomic E-state index is 13.0. The largest absolute Gasteiger partial charge is 0.484 e. The monoisotopic (exact) mass is 315 g/mol. The van der Waals surface area contributed by atoms with Gasteiger partial charge >= 0.3 is 0 Å². The van der Waals surface area contributed by atoms with Crippen molar-refractivity contribution >= 4 is 18.0 Å². The lowest BCUT2D eigenvalue weighted by Crippen LogP contribution is -2.20. The van der Waals surface area contributed by atoms with Gasteiger partial charge in [0.1, 0.15) is 11.6 Å². The molecule has 0 aliphatic carbocycles. The van der Waals surface area contributed by atoms with Crippen LogP contribution in [0, 0.1) is 5.82 Å². The van der Waals surface area contributed by atoms with E-state index in [0.29, 0.717) is 11.3 Å². The molecular weight excluding hydrogens is 301 g/mol. The molecule has 0 fully saturated rings. The van der Waals surface area contributed by atoms with E-state index in [9.17, 15) is 14.0 Å². The van der Waals surface area contributed by atoms with Crippen molar-refractivity contribution in [2.75, 3.05) is 6.61 Å². The predicted octanol–water partition coefficient (Wildman–Crippen LogP) is 1.45. The van der Waals surface area contributed by atoms with E-state index in [2.05, 4.69) is 10.5 Å². The number of ether oxygens (including phenoxy) is 1. The molecule has 0 bridgehead atoms. The zero-order valence-corrected chi connectivity index (χ0v) is 12.0. The van der Waals surface area contributed by atoms with Gasteiger partial charge in [-0.25, -0.2) is 9.82 Å². The average Bonchev–Trinajstić information content (AvgIpc) is 2.54. The molecule has 3 N–H and O–H groups in total. The number of nitrogens with zero attached hydrogens (tertiary/aromatic N) is 1. The fraction of sp³-hybridized carbons (Fsp3) is 0.0625. The molecule has 2 rings (SSSR count). The van der Waals surface area contributed by atoms with Crippen LogP contribution in [-0.4, -0.2) is 24.6 Å². The number of nitrogens with one attached hydrogen (secondary N) is 1. The SMILES string of the molecule is NC(=O)COc1ccc(/C=N\NC(=O)c2cccc(F)c2)cc1. The van der Waals surface area contributed by atoms with Crippen LogP contribution in [0.3, 0.4) is 0 Å². The lowest BCUT2D eigenvalue weighted by atomic mass is 10.2. The third kappa shape index (κ3) is 5.24. The van der Waals surface area contributed by atoms with E-state index in [1.165, 1.54) is 24.4 Å². The lowest BCUT2D eigenvalue weighted by molar-refractivity contribution is -0.119. The number of hydrogen-bond donors (Lipinski definition) is 2. The summed E-state index contributed by atoms with van der Waals surface area (Å²) < 4.78 is 18.1. The Morgan fingerprint density at radius 2 is 1.96 bits per heavy atom. The van der Waals surface area contributed by atoms with Crippen LogP contribution in [0.4, 0.5) is 4.39 Å². The Hall–Kier alpha value is -3.22. The first-order chi connectivity index (χ1) is 11.0. The lowest BCUT2D eigenvalue weighted by Gasteiger charge is -2.03. The molecule has 0 unspecified atom stereocenters. The van der Waals surface area contributed by atoms with E-state index in [-0.39, 0.29) is 12.2 Å². The number of carbonyl (C=O) groups is 2. The molecule has 6 nitrogen and oxygen atoms in total. The molecular formula is C16H14FN3O3. The number of amides is 2.